The van der Waals surface area contributed by atoms with Gasteiger partial charge in [0.05, 0.1) is 16.7 Å². The molecule has 0 radical (unpaired) electrons. The Hall–Kier alpha value is -7.98. The Balaban J connectivity index is 1.11. The average Bonchev–Trinajstić information content (AvgIpc) is 3.91. The van der Waals surface area contributed by atoms with Crippen molar-refractivity contribution >= 4 is 70.4 Å². The molecule has 0 aliphatic heterocycles. The summed E-state index contributed by atoms with van der Waals surface area (Å²) in [6.45, 7) is 0. The molecule has 0 saturated heterocycles. The molecule has 0 fully saturated rings. The van der Waals surface area contributed by atoms with E-state index in [1.807, 2.05) is 11.3 Å². The summed E-state index contributed by atoms with van der Waals surface area (Å²) in [5, 5.41) is 5.06. The van der Waals surface area contributed by atoms with Gasteiger partial charge in [-0.05, 0) is 93.5 Å². The number of hydrogen-bond acceptors (Lipinski definition) is 2. The summed E-state index contributed by atoms with van der Waals surface area (Å²) in [4.78, 5) is 2.47. The molecular formula is C60H40N2S. The number of hydrogen-bond donors (Lipinski definition) is 0. The number of rotatable bonds is 8. The van der Waals surface area contributed by atoms with E-state index in [-0.39, 0.29) is 0 Å². The Morgan fingerprint density at radius 1 is 0.317 bits per heavy atom. The molecule has 2 aromatic heterocycles. The Labute approximate surface area is 370 Å². The summed E-state index contributed by atoms with van der Waals surface area (Å²) in [7, 11) is 0. The van der Waals surface area contributed by atoms with Crippen LogP contribution in [0.25, 0.3) is 92.2 Å². The summed E-state index contributed by atoms with van der Waals surface area (Å²) in [6, 6.07) is 88.4. The van der Waals surface area contributed by atoms with Gasteiger partial charge in [-0.15, -0.1) is 11.3 Å². The third kappa shape index (κ3) is 6.33. The number of thiophene rings is 1. The molecule has 2 heterocycles. The highest BCUT2D eigenvalue weighted by atomic mass is 32.1. The minimum absolute atomic E-state index is 1.08. The first kappa shape index (κ1) is 36.8. The molecule has 0 unspecified atom stereocenters. The molecule has 0 aliphatic rings. The molecule has 63 heavy (non-hydrogen) atoms. The fraction of sp³-hybridized carbons (Fsp3) is 0. The van der Waals surface area contributed by atoms with Crippen LogP contribution in [0.15, 0.2) is 243 Å². The van der Waals surface area contributed by atoms with Crippen molar-refractivity contribution in [2.75, 3.05) is 4.90 Å². The molecular weight excluding hydrogens is 781 g/mol. The van der Waals surface area contributed by atoms with Gasteiger partial charge >= 0.3 is 0 Å². The van der Waals surface area contributed by atoms with E-state index in [0.29, 0.717) is 0 Å². The predicted molar refractivity (Wildman–Crippen MR) is 270 cm³/mol. The maximum absolute atomic E-state index is 2.47. The lowest BCUT2D eigenvalue weighted by atomic mass is 9.88. The molecule has 0 aliphatic carbocycles. The first-order valence-corrected chi connectivity index (χ1v) is 22.3. The third-order valence-electron chi connectivity index (χ3n) is 12.4. The Kier molecular flexibility index (Phi) is 9.06. The first-order valence-electron chi connectivity index (χ1n) is 21.5. The van der Waals surface area contributed by atoms with Crippen LogP contribution in [0.3, 0.4) is 0 Å². The van der Waals surface area contributed by atoms with Crippen molar-refractivity contribution in [3.63, 3.8) is 0 Å². The van der Waals surface area contributed by atoms with Crippen LogP contribution >= 0.6 is 11.3 Å². The Bertz CT molecular complexity index is 3640. The highest BCUT2D eigenvalue weighted by Gasteiger charge is 2.23. The molecule has 0 spiro atoms. The topological polar surface area (TPSA) is 8.17 Å². The van der Waals surface area contributed by atoms with E-state index >= 15 is 0 Å². The summed E-state index contributed by atoms with van der Waals surface area (Å²) in [6.07, 6.45) is 0. The molecule has 0 amide bonds. The second-order valence-electron chi connectivity index (χ2n) is 16.0. The van der Waals surface area contributed by atoms with Gasteiger partial charge < -0.3 is 9.47 Å². The zero-order valence-electron chi connectivity index (χ0n) is 34.4. The van der Waals surface area contributed by atoms with Crippen LogP contribution in [0.4, 0.5) is 17.1 Å². The lowest BCUT2D eigenvalue weighted by Crippen LogP contribution is -2.11. The van der Waals surface area contributed by atoms with Crippen LogP contribution in [0.1, 0.15) is 0 Å². The first-order chi connectivity index (χ1) is 31.3. The average molecular weight is 821 g/mol. The van der Waals surface area contributed by atoms with E-state index in [1.165, 1.54) is 75.4 Å². The monoisotopic (exact) mass is 820 g/mol. The van der Waals surface area contributed by atoms with Crippen molar-refractivity contribution in [2.24, 2.45) is 0 Å². The molecule has 2 nitrogen and oxygen atoms in total. The van der Waals surface area contributed by atoms with Crippen molar-refractivity contribution in [1.29, 1.82) is 0 Å². The summed E-state index contributed by atoms with van der Waals surface area (Å²) >= 11 is 1.88. The highest BCUT2D eigenvalue weighted by molar-refractivity contribution is 7.26. The number of nitrogens with zero attached hydrogens (tertiary/aromatic N) is 2. The lowest BCUT2D eigenvalue weighted by Gasteiger charge is -2.29. The molecule has 0 atom stereocenters. The van der Waals surface area contributed by atoms with E-state index in [1.54, 1.807) is 0 Å². The van der Waals surface area contributed by atoms with Gasteiger partial charge in [-0.1, -0.05) is 188 Å². The van der Waals surface area contributed by atoms with Crippen LogP contribution < -0.4 is 4.90 Å². The quantitative estimate of drug-likeness (QED) is 0.148. The zero-order valence-corrected chi connectivity index (χ0v) is 35.2. The van der Waals surface area contributed by atoms with Gasteiger partial charge in [0.1, 0.15) is 0 Å². The number of fused-ring (bicyclic) bond motifs is 6. The van der Waals surface area contributed by atoms with Crippen LogP contribution in [0.5, 0.6) is 0 Å². The van der Waals surface area contributed by atoms with Gasteiger partial charge in [0.2, 0.25) is 0 Å². The van der Waals surface area contributed by atoms with Crippen molar-refractivity contribution in [3.05, 3.63) is 243 Å². The van der Waals surface area contributed by atoms with E-state index in [9.17, 15) is 0 Å². The largest absolute Gasteiger partial charge is 0.310 e. The molecule has 3 heteroatoms. The van der Waals surface area contributed by atoms with Gasteiger partial charge in [0.15, 0.2) is 0 Å². The van der Waals surface area contributed by atoms with Crippen LogP contribution in [0, 0.1) is 0 Å². The van der Waals surface area contributed by atoms with Gasteiger partial charge in [0.25, 0.3) is 0 Å². The van der Waals surface area contributed by atoms with Gasteiger partial charge in [-0.3, -0.25) is 0 Å². The highest BCUT2D eigenvalue weighted by Crippen LogP contribution is 2.48. The molecule has 12 rings (SSSR count). The fourth-order valence-corrected chi connectivity index (χ4v) is 10.8. The zero-order chi connectivity index (χ0) is 41.7. The summed E-state index contributed by atoms with van der Waals surface area (Å²) < 4.78 is 5.02. The summed E-state index contributed by atoms with van der Waals surface area (Å²) in [5.41, 5.74) is 16.3. The maximum atomic E-state index is 2.47. The molecule has 0 saturated carbocycles. The Morgan fingerprint density at radius 2 is 0.857 bits per heavy atom. The van der Waals surface area contributed by atoms with Crippen LogP contribution in [0.2, 0.25) is 0 Å². The van der Waals surface area contributed by atoms with E-state index in [4.69, 9.17) is 0 Å². The van der Waals surface area contributed by atoms with E-state index in [0.717, 1.165) is 33.8 Å². The fourth-order valence-electron chi connectivity index (χ4n) is 9.60. The molecule has 0 bridgehead atoms. The SMILES string of the molecule is c1ccc(-c2ccccc2-c2ccccc2-c2ccccc2N(c2cccc(-c3cccc4c3sc3ccccc34)c2)c2ccc3c4ccccc4n(-c4ccccc4)c3c2)cc1. The van der Waals surface area contributed by atoms with Gasteiger partial charge in [-0.25, -0.2) is 0 Å². The maximum Gasteiger partial charge on any atom is 0.0561 e. The minimum atomic E-state index is 1.08. The normalized spacial score (nSPS) is 11.5. The number of para-hydroxylation sites is 3. The van der Waals surface area contributed by atoms with Crippen molar-refractivity contribution in [3.8, 4) is 50.2 Å². The standard InChI is InChI=1S/C60H40N2S/c1-3-19-41(20-4-1)46-25-7-8-26-48(46)49-27-9-10-28-50(49)51-29-11-14-34-56(51)61(44-24-17-21-42(39-44)47-32-18-33-55-54-31-13-16-36-59(54)63-60(47)55)45-37-38-53-52-30-12-15-35-57(52)62(58(53)40-45)43-22-5-2-6-23-43/h1-40H. The van der Waals surface area contributed by atoms with Gasteiger partial charge in [-0.2, -0.15) is 0 Å². The minimum Gasteiger partial charge on any atom is -0.310 e. The third-order valence-corrected chi connectivity index (χ3v) is 13.6. The number of benzene rings is 10. The molecule has 0 N–H and O–H groups in total. The van der Waals surface area contributed by atoms with E-state index in [2.05, 4.69) is 252 Å². The Morgan fingerprint density at radius 3 is 1.67 bits per heavy atom. The predicted octanol–water partition coefficient (Wildman–Crippen LogP) is 17.3. The van der Waals surface area contributed by atoms with E-state index < -0.39 is 0 Å². The molecule has 296 valence electrons. The van der Waals surface area contributed by atoms with Gasteiger partial charge in [0, 0.05) is 53.6 Å². The van der Waals surface area contributed by atoms with Crippen molar-refractivity contribution < 1.29 is 0 Å². The van der Waals surface area contributed by atoms with Crippen LogP contribution in [-0.2, 0) is 0 Å². The molecule has 12 aromatic rings. The smallest absolute Gasteiger partial charge is 0.0561 e. The van der Waals surface area contributed by atoms with Crippen molar-refractivity contribution in [1.82, 2.24) is 4.57 Å². The number of aromatic nitrogens is 1. The van der Waals surface area contributed by atoms with Crippen LogP contribution in [-0.4, -0.2) is 4.57 Å². The van der Waals surface area contributed by atoms with Crippen molar-refractivity contribution in [2.45, 2.75) is 0 Å². The molecule has 10 aromatic carbocycles. The summed E-state index contributed by atoms with van der Waals surface area (Å²) in [5.74, 6) is 0. The lowest BCUT2D eigenvalue weighted by molar-refractivity contribution is 1.18. The second-order valence-corrected chi connectivity index (χ2v) is 17.1. The second kappa shape index (κ2) is 15.5. The number of anilines is 3.